The van der Waals surface area contributed by atoms with Crippen molar-refractivity contribution >= 4 is 12.0 Å². The van der Waals surface area contributed by atoms with E-state index in [-0.39, 0.29) is 24.4 Å². The second-order valence-corrected chi connectivity index (χ2v) is 4.56. The average molecular weight is 282 g/mol. The molecule has 7 nitrogen and oxygen atoms in total. The molecule has 0 aliphatic carbocycles. The van der Waals surface area contributed by atoms with Gasteiger partial charge in [0, 0.05) is 6.54 Å². The molecule has 1 aromatic rings. The van der Waals surface area contributed by atoms with E-state index in [4.69, 9.17) is 14.3 Å². The molecule has 1 fully saturated rings. The van der Waals surface area contributed by atoms with Crippen LogP contribution in [0.25, 0.3) is 0 Å². The van der Waals surface area contributed by atoms with Gasteiger partial charge in [-0.05, 0) is 18.6 Å². The number of rotatable bonds is 4. The average Bonchev–Trinajstić information content (AvgIpc) is 2.94. The van der Waals surface area contributed by atoms with Gasteiger partial charge in [-0.1, -0.05) is 6.92 Å². The molecule has 2 heterocycles. The molecule has 1 aromatic heterocycles. The van der Waals surface area contributed by atoms with Crippen LogP contribution in [0.3, 0.4) is 0 Å². The lowest BCUT2D eigenvalue weighted by atomic mass is 10.2. The summed E-state index contributed by atoms with van der Waals surface area (Å²) in [4.78, 5) is 24.5. The van der Waals surface area contributed by atoms with Crippen LogP contribution in [-0.2, 0) is 11.3 Å². The summed E-state index contributed by atoms with van der Waals surface area (Å²) in [7, 11) is 0. The summed E-state index contributed by atoms with van der Waals surface area (Å²) in [6.45, 7) is 3.82. The third-order valence-corrected chi connectivity index (χ3v) is 3.25. The van der Waals surface area contributed by atoms with Crippen molar-refractivity contribution in [2.75, 3.05) is 19.8 Å². The minimum absolute atomic E-state index is 0.0786. The minimum Gasteiger partial charge on any atom is -0.475 e. The fourth-order valence-electron chi connectivity index (χ4n) is 2.11. The van der Waals surface area contributed by atoms with E-state index in [0.29, 0.717) is 25.5 Å². The summed E-state index contributed by atoms with van der Waals surface area (Å²) in [5.74, 6) is -0.842. The van der Waals surface area contributed by atoms with Crippen molar-refractivity contribution in [3.05, 3.63) is 23.7 Å². The van der Waals surface area contributed by atoms with Gasteiger partial charge in [0.1, 0.15) is 5.76 Å². The first-order valence-electron chi connectivity index (χ1n) is 6.56. The van der Waals surface area contributed by atoms with Gasteiger partial charge < -0.3 is 24.5 Å². The lowest BCUT2D eigenvalue weighted by molar-refractivity contribution is 0.0111. The standard InChI is InChI=1S/C13H18N2O5/c1-2-9-8-19-6-5-15(9)13(18)14-7-10-3-4-11(20-10)12(16)17/h3-4,9H,2,5-8H2,1H3,(H,14,18)(H,16,17). The maximum atomic E-state index is 12.1. The number of nitrogens with one attached hydrogen (secondary N) is 1. The van der Waals surface area contributed by atoms with Gasteiger partial charge in [0.25, 0.3) is 0 Å². The van der Waals surface area contributed by atoms with Gasteiger partial charge in [-0.15, -0.1) is 0 Å². The number of carboxylic acids is 1. The number of aromatic carboxylic acids is 1. The Hall–Kier alpha value is -2.02. The highest BCUT2D eigenvalue weighted by molar-refractivity contribution is 5.84. The number of amides is 2. The minimum atomic E-state index is -1.12. The van der Waals surface area contributed by atoms with Gasteiger partial charge in [-0.3, -0.25) is 0 Å². The highest BCUT2D eigenvalue weighted by atomic mass is 16.5. The maximum Gasteiger partial charge on any atom is 0.371 e. The Kier molecular flexibility index (Phi) is 4.62. The van der Waals surface area contributed by atoms with Gasteiger partial charge >= 0.3 is 12.0 Å². The van der Waals surface area contributed by atoms with Crippen LogP contribution < -0.4 is 5.32 Å². The van der Waals surface area contributed by atoms with E-state index in [2.05, 4.69) is 5.32 Å². The topological polar surface area (TPSA) is 92.0 Å². The van der Waals surface area contributed by atoms with Crippen LogP contribution in [0.2, 0.25) is 0 Å². The Labute approximate surface area is 116 Å². The molecule has 1 aliphatic rings. The van der Waals surface area contributed by atoms with E-state index < -0.39 is 5.97 Å². The third kappa shape index (κ3) is 3.30. The number of hydrogen-bond donors (Lipinski definition) is 2. The molecule has 0 bridgehead atoms. The number of carbonyl (C=O) groups is 2. The van der Waals surface area contributed by atoms with Crippen molar-refractivity contribution in [2.45, 2.75) is 25.9 Å². The Balaban J connectivity index is 1.88. The number of ether oxygens (including phenoxy) is 1. The molecule has 0 aromatic carbocycles. The molecule has 0 spiro atoms. The largest absolute Gasteiger partial charge is 0.475 e. The Bertz CT molecular complexity index is 485. The molecule has 0 radical (unpaired) electrons. The van der Waals surface area contributed by atoms with Crippen molar-refractivity contribution in [2.24, 2.45) is 0 Å². The first-order valence-corrected chi connectivity index (χ1v) is 6.56. The Morgan fingerprint density at radius 3 is 2.95 bits per heavy atom. The van der Waals surface area contributed by atoms with Crippen LogP contribution in [-0.4, -0.2) is 47.8 Å². The molecule has 2 amide bonds. The van der Waals surface area contributed by atoms with Gasteiger partial charge in [-0.25, -0.2) is 9.59 Å². The second kappa shape index (κ2) is 6.42. The molecule has 7 heteroatoms. The lowest BCUT2D eigenvalue weighted by Gasteiger charge is -2.34. The molecule has 1 atom stereocenters. The van der Waals surface area contributed by atoms with Crippen LogP contribution in [0.15, 0.2) is 16.5 Å². The van der Waals surface area contributed by atoms with Crippen molar-refractivity contribution in [3.8, 4) is 0 Å². The zero-order valence-electron chi connectivity index (χ0n) is 11.3. The molecule has 1 aliphatic heterocycles. The molecular weight excluding hydrogens is 264 g/mol. The Morgan fingerprint density at radius 2 is 2.30 bits per heavy atom. The van der Waals surface area contributed by atoms with Crippen LogP contribution >= 0.6 is 0 Å². The monoisotopic (exact) mass is 282 g/mol. The summed E-state index contributed by atoms with van der Waals surface area (Å²) < 4.78 is 10.4. The second-order valence-electron chi connectivity index (χ2n) is 4.56. The fourth-order valence-corrected chi connectivity index (χ4v) is 2.11. The first kappa shape index (κ1) is 14.4. The molecule has 20 heavy (non-hydrogen) atoms. The van der Waals surface area contributed by atoms with Crippen molar-refractivity contribution < 1.29 is 23.8 Å². The van der Waals surface area contributed by atoms with Crippen molar-refractivity contribution in [1.82, 2.24) is 10.2 Å². The van der Waals surface area contributed by atoms with Gasteiger partial charge in [0.15, 0.2) is 0 Å². The highest BCUT2D eigenvalue weighted by Crippen LogP contribution is 2.11. The molecule has 2 N–H and O–H groups in total. The summed E-state index contributed by atoms with van der Waals surface area (Å²) in [5.41, 5.74) is 0. The van der Waals surface area contributed by atoms with E-state index in [1.807, 2.05) is 6.92 Å². The number of nitrogens with zero attached hydrogens (tertiary/aromatic N) is 1. The maximum absolute atomic E-state index is 12.1. The quantitative estimate of drug-likeness (QED) is 0.868. The van der Waals surface area contributed by atoms with Gasteiger partial charge in [0.2, 0.25) is 5.76 Å². The number of urea groups is 1. The van der Waals surface area contributed by atoms with Crippen LogP contribution in [0.1, 0.15) is 29.7 Å². The first-order chi connectivity index (χ1) is 9.61. The number of carbonyl (C=O) groups excluding carboxylic acids is 1. The fraction of sp³-hybridized carbons (Fsp3) is 0.538. The van der Waals surface area contributed by atoms with Crippen molar-refractivity contribution in [3.63, 3.8) is 0 Å². The predicted molar refractivity (Wildman–Crippen MR) is 69.5 cm³/mol. The summed E-state index contributed by atoms with van der Waals surface area (Å²) in [6.07, 6.45) is 0.831. The van der Waals surface area contributed by atoms with E-state index >= 15 is 0 Å². The van der Waals surface area contributed by atoms with E-state index in [1.54, 1.807) is 11.0 Å². The van der Waals surface area contributed by atoms with Crippen LogP contribution in [0, 0.1) is 0 Å². The molecule has 2 rings (SSSR count). The predicted octanol–water partition coefficient (Wildman–Crippen LogP) is 1.30. The van der Waals surface area contributed by atoms with Crippen LogP contribution in [0.4, 0.5) is 4.79 Å². The highest BCUT2D eigenvalue weighted by Gasteiger charge is 2.25. The summed E-state index contributed by atoms with van der Waals surface area (Å²) in [5, 5.41) is 11.5. The molecule has 110 valence electrons. The van der Waals surface area contributed by atoms with Crippen molar-refractivity contribution in [1.29, 1.82) is 0 Å². The molecule has 0 saturated carbocycles. The lowest BCUT2D eigenvalue weighted by Crippen LogP contribution is -2.52. The zero-order valence-corrected chi connectivity index (χ0v) is 11.3. The van der Waals surface area contributed by atoms with Gasteiger partial charge in [-0.2, -0.15) is 0 Å². The molecule has 1 unspecified atom stereocenters. The number of morpholine rings is 1. The van der Waals surface area contributed by atoms with Crippen LogP contribution in [0.5, 0.6) is 0 Å². The zero-order chi connectivity index (χ0) is 14.5. The smallest absolute Gasteiger partial charge is 0.371 e. The summed E-state index contributed by atoms with van der Waals surface area (Å²) in [6, 6.07) is 2.80. The van der Waals surface area contributed by atoms with Gasteiger partial charge in [0.05, 0.1) is 25.8 Å². The molecule has 1 saturated heterocycles. The van der Waals surface area contributed by atoms with E-state index in [9.17, 15) is 9.59 Å². The van der Waals surface area contributed by atoms with E-state index in [1.165, 1.54) is 6.07 Å². The molecular formula is C13H18N2O5. The normalized spacial score (nSPS) is 18.9. The number of hydrogen-bond acceptors (Lipinski definition) is 4. The number of furan rings is 1. The summed E-state index contributed by atoms with van der Waals surface area (Å²) >= 11 is 0. The Morgan fingerprint density at radius 1 is 1.50 bits per heavy atom. The SMILES string of the molecule is CCC1COCCN1C(=O)NCc1ccc(C(=O)O)o1. The van der Waals surface area contributed by atoms with E-state index in [0.717, 1.165) is 6.42 Å². The number of carboxylic acid groups (broad SMARTS) is 1. The third-order valence-electron chi connectivity index (χ3n) is 3.25.